The lowest BCUT2D eigenvalue weighted by atomic mass is 9.95. The molecule has 1 heterocycles. The zero-order valence-electron chi connectivity index (χ0n) is 10.9. The first-order valence-electron chi connectivity index (χ1n) is 5.79. The molecular formula is C13H13BrN2O4. The van der Waals surface area contributed by atoms with Gasteiger partial charge >= 0.3 is 12.0 Å². The predicted octanol–water partition coefficient (Wildman–Crippen LogP) is 1.96. The number of amides is 2. The molecular weight excluding hydrogens is 328 g/mol. The summed E-state index contributed by atoms with van der Waals surface area (Å²) < 4.78 is 5.46. The Morgan fingerprint density at radius 2 is 2.15 bits per heavy atom. The number of nitrogens with one attached hydrogen (secondary N) is 2. The highest BCUT2D eigenvalue weighted by Crippen LogP contribution is 2.34. The van der Waals surface area contributed by atoms with Gasteiger partial charge < -0.3 is 20.5 Å². The summed E-state index contributed by atoms with van der Waals surface area (Å²) in [6, 6.07) is 3.57. The van der Waals surface area contributed by atoms with E-state index in [2.05, 4.69) is 26.6 Å². The number of aromatic hydroxyl groups is 1. The largest absolute Gasteiger partial charge is 0.508 e. The number of hydrogen-bond acceptors (Lipinski definition) is 4. The number of carbonyl (C=O) groups excluding carboxylic acids is 2. The van der Waals surface area contributed by atoms with Crippen molar-refractivity contribution in [3.05, 3.63) is 39.5 Å². The van der Waals surface area contributed by atoms with E-state index in [0.717, 1.165) is 4.47 Å². The number of urea groups is 1. The zero-order chi connectivity index (χ0) is 14.9. The fourth-order valence-corrected chi connectivity index (χ4v) is 2.44. The van der Waals surface area contributed by atoms with Crippen LogP contribution in [0.15, 0.2) is 33.9 Å². The Kier molecular flexibility index (Phi) is 3.99. The van der Waals surface area contributed by atoms with Crippen LogP contribution in [0, 0.1) is 0 Å². The summed E-state index contributed by atoms with van der Waals surface area (Å²) in [6.45, 7) is 1.60. The maximum atomic E-state index is 11.9. The van der Waals surface area contributed by atoms with Crippen molar-refractivity contribution in [2.45, 2.75) is 13.0 Å². The highest BCUT2D eigenvalue weighted by Gasteiger charge is 2.33. The number of hydrogen-bond donors (Lipinski definition) is 3. The molecule has 6 nitrogen and oxygen atoms in total. The van der Waals surface area contributed by atoms with Gasteiger partial charge in [0.05, 0.1) is 18.7 Å². The van der Waals surface area contributed by atoms with Crippen LogP contribution in [0.4, 0.5) is 4.79 Å². The topological polar surface area (TPSA) is 87.7 Å². The first kappa shape index (κ1) is 14.4. The van der Waals surface area contributed by atoms with E-state index in [4.69, 9.17) is 4.74 Å². The van der Waals surface area contributed by atoms with E-state index in [1.54, 1.807) is 19.1 Å². The standard InChI is InChI=1S/C13H13BrN2O4/c1-6-10(12(18)20-2)11(16-13(19)15-6)8-5-7(14)3-4-9(8)17/h3-5,11,17H,1-2H3,(H2,15,16,19)/t11-/m1/s1. The van der Waals surface area contributed by atoms with Crippen LogP contribution < -0.4 is 10.6 Å². The minimum Gasteiger partial charge on any atom is -0.508 e. The summed E-state index contributed by atoms with van der Waals surface area (Å²) in [5.41, 5.74) is 1.06. The number of esters is 1. The Morgan fingerprint density at radius 1 is 1.45 bits per heavy atom. The number of halogens is 1. The highest BCUT2D eigenvalue weighted by molar-refractivity contribution is 9.10. The molecule has 7 heteroatoms. The molecule has 1 aliphatic rings. The summed E-state index contributed by atoms with van der Waals surface area (Å²) in [5.74, 6) is -0.589. The Bertz CT molecular complexity index is 612. The molecule has 2 rings (SSSR count). The number of rotatable bonds is 2. The van der Waals surface area contributed by atoms with Crippen molar-refractivity contribution >= 4 is 27.9 Å². The molecule has 1 atom stereocenters. The van der Waals surface area contributed by atoms with Crippen molar-refractivity contribution in [2.24, 2.45) is 0 Å². The van der Waals surface area contributed by atoms with Gasteiger partial charge in [0.25, 0.3) is 0 Å². The first-order valence-corrected chi connectivity index (χ1v) is 6.58. The number of carbonyl (C=O) groups is 2. The lowest BCUT2D eigenvalue weighted by Crippen LogP contribution is -2.45. The lowest BCUT2D eigenvalue weighted by molar-refractivity contribution is -0.136. The molecule has 1 aromatic rings. The van der Waals surface area contributed by atoms with Crippen molar-refractivity contribution in [2.75, 3.05) is 7.11 Å². The average Bonchev–Trinajstić information content (AvgIpc) is 2.40. The molecule has 0 spiro atoms. The van der Waals surface area contributed by atoms with E-state index < -0.39 is 18.0 Å². The third kappa shape index (κ3) is 2.62. The molecule has 0 aromatic heterocycles. The van der Waals surface area contributed by atoms with Crippen LogP contribution in [0.5, 0.6) is 5.75 Å². The predicted molar refractivity (Wildman–Crippen MR) is 74.9 cm³/mol. The normalized spacial score (nSPS) is 18.4. The van der Waals surface area contributed by atoms with E-state index in [-0.39, 0.29) is 11.3 Å². The number of allylic oxidation sites excluding steroid dienone is 1. The fourth-order valence-electron chi connectivity index (χ4n) is 2.06. The van der Waals surface area contributed by atoms with Crippen LogP contribution in [0.1, 0.15) is 18.5 Å². The molecule has 0 unspecified atom stereocenters. The van der Waals surface area contributed by atoms with Crippen molar-refractivity contribution in [3.8, 4) is 5.75 Å². The van der Waals surface area contributed by atoms with Crippen molar-refractivity contribution < 1.29 is 19.4 Å². The summed E-state index contributed by atoms with van der Waals surface area (Å²) in [5, 5.41) is 15.1. The Morgan fingerprint density at radius 3 is 2.80 bits per heavy atom. The average molecular weight is 341 g/mol. The van der Waals surface area contributed by atoms with Gasteiger partial charge in [-0.25, -0.2) is 9.59 Å². The Balaban J connectivity index is 2.56. The van der Waals surface area contributed by atoms with E-state index >= 15 is 0 Å². The Labute approximate surface area is 123 Å². The zero-order valence-corrected chi connectivity index (χ0v) is 12.4. The molecule has 1 aromatic carbocycles. The molecule has 0 radical (unpaired) electrons. The number of phenolic OH excluding ortho intramolecular Hbond substituents is 1. The van der Waals surface area contributed by atoms with Gasteiger partial charge in [-0.15, -0.1) is 0 Å². The molecule has 0 saturated heterocycles. The molecule has 0 saturated carbocycles. The maximum absolute atomic E-state index is 11.9. The maximum Gasteiger partial charge on any atom is 0.337 e. The first-order chi connectivity index (χ1) is 9.43. The van der Waals surface area contributed by atoms with E-state index in [1.165, 1.54) is 13.2 Å². The second-order valence-corrected chi connectivity index (χ2v) is 5.18. The van der Waals surface area contributed by atoms with Crippen LogP contribution in [0.3, 0.4) is 0 Å². The minimum atomic E-state index is -0.770. The van der Waals surface area contributed by atoms with Gasteiger partial charge in [0.2, 0.25) is 0 Å². The van der Waals surface area contributed by atoms with Gasteiger partial charge in [-0.3, -0.25) is 0 Å². The quantitative estimate of drug-likeness (QED) is 0.718. The highest BCUT2D eigenvalue weighted by atomic mass is 79.9. The van der Waals surface area contributed by atoms with Gasteiger partial charge in [-0.2, -0.15) is 0 Å². The third-order valence-corrected chi connectivity index (χ3v) is 3.47. The van der Waals surface area contributed by atoms with E-state index in [0.29, 0.717) is 11.3 Å². The van der Waals surface area contributed by atoms with Gasteiger partial charge in [0.1, 0.15) is 5.75 Å². The van der Waals surface area contributed by atoms with E-state index in [1.807, 2.05) is 0 Å². The van der Waals surface area contributed by atoms with Crippen LogP contribution in [-0.2, 0) is 9.53 Å². The van der Waals surface area contributed by atoms with Gasteiger partial charge in [0, 0.05) is 15.7 Å². The number of ether oxygens (including phenoxy) is 1. The van der Waals surface area contributed by atoms with Crippen molar-refractivity contribution in [1.82, 2.24) is 10.6 Å². The van der Waals surface area contributed by atoms with Crippen molar-refractivity contribution in [1.29, 1.82) is 0 Å². The van der Waals surface area contributed by atoms with Gasteiger partial charge in [-0.05, 0) is 25.1 Å². The van der Waals surface area contributed by atoms with Crippen LogP contribution in [-0.4, -0.2) is 24.2 Å². The van der Waals surface area contributed by atoms with Crippen molar-refractivity contribution in [3.63, 3.8) is 0 Å². The summed E-state index contributed by atoms with van der Waals surface area (Å²) in [7, 11) is 1.26. The van der Waals surface area contributed by atoms with Crippen LogP contribution >= 0.6 is 15.9 Å². The molecule has 1 aliphatic heterocycles. The number of benzene rings is 1. The molecule has 3 N–H and O–H groups in total. The summed E-state index contributed by atoms with van der Waals surface area (Å²) in [6.07, 6.45) is 0. The molecule has 0 bridgehead atoms. The van der Waals surface area contributed by atoms with Crippen LogP contribution in [0.25, 0.3) is 0 Å². The van der Waals surface area contributed by atoms with E-state index in [9.17, 15) is 14.7 Å². The Hall–Kier alpha value is -2.02. The third-order valence-electron chi connectivity index (χ3n) is 2.98. The fraction of sp³-hybridized carbons (Fsp3) is 0.231. The lowest BCUT2D eigenvalue weighted by Gasteiger charge is -2.28. The molecule has 0 aliphatic carbocycles. The van der Waals surface area contributed by atoms with Crippen LogP contribution in [0.2, 0.25) is 0 Å². The van der Waals surface area contributed by atoms with Gasteiger partial charge in [-0.1, -0.05) is 15.9 Å². The summed E-state index contributed by atoms with van der Waals surface area (Å²) >= 11 is 3.30. The second kappa shape index (κ2) is 5.54. The van der Waals surface area contributed by atoms with Gasteiger partial charge in [0.15, 0.2) is 0 Å². The summed E-state index contributed by atoms with van der Waals surface area (Å²) in [4.78, 5) is 23.5. The molecule has 20 heavy (non-hydrogen) atoms. The number of phenols is 1. The monoisotopic (exact) mass is 340 g/mol. The number of methoxy groups -OCH3 is 1. The smallest absolute Gasteiger partial charge is 0.337 e. The molecule has 0 fully saturated rings. The second-order valence-electron chi connectivity index (χ2n) is 4.26. The molecule has 2 amide bonds. The minimum absolute atomic E-state index is 0.0189. The SMILES string of the molecule is COC(=O)C1=C(C)NC(=O)N[C@@H]1c1cc(Br)ccc1O. The molecule has 106 valence electrons.